The lowest BCUT2D eigenvalue weighted by molar-refractivity contribution is -0.167. The highest BCUT2D eigenvalue weighted by Crippen LogP contribution is 2.13. The highest BCUT2D eigenvalue weighted by molar-refractivity contribution is 5.71. The Kier molecular flexibility index (Phi) is 50.5. The molecule has 0 fully saturated rings. The first-order valence-corrected chi connectivity index (χ1v) is 26.9. The third-order valence-corrected chi connectivity index (χ3v) is 11.0. The minimum Gasteiger partial charge on any atom is -0.462 e. The van der Waals surface area contributed by atoms with Crippen LogP contribution in [-0.4, -0.2) is 37.2 Å². The first kappa shape index (κ1) is 62.1. The number of hydrogen-bond donors (Lipinski definition) is 0. The lowest BCUT2D eigenvalue weighted by Crippen LogP contribution is -2.30. The Morgan fingerprint density at radius 3 is 0.970 bits per heavy atom. The molecule has 6 heteroatoms. The topological polar surface area (TPSA) is 78.9 Å². The number of unbranched alkanes of at least 4 members (excludes halogenated alkanes) is 18. The predicted molar refractivity (Wildman–Crippen MR) is 283 cm³/mol. The fraction of sp³-hybridized carbons (Fsp3) is 0.650. The molecule has 0 bridgehead atoms. The number of carbonyl (C=O) groups is 3. The number of ether oxygens (including phenoxy) is 3. The third-order valence-electron chi connectivity index (χ3n) is 11.0. The van der Waals surface area contributed by atoms with Crippen LogP contribution in [0.25, 0.3) is 0 Å². The summed E-state index contributed by atoms with van der Waals surface area (Å²) in [4.78, 5) is 37.9. The Labute approximate surface area is 406 Å². The molecule has 6 nitrogen and oxygen atoms in total. The van der Waals surface area contributed by atoms with Crippen molar-refractivity contribution in [2.24, 2.45) is 0 Å². The zero-order valence-electron chi connectivity index (χ0n) is 42.7. The molecular weight excluding hydrogens is 817 g/mol. The van der Waals surface area contributed by atoms with Crippen LogP contribution < -0.4 is 0 Å². The largest absolute Gasteiger partial charge is 0.462 e. The van der Waals surface area contributed by atoms with Gasteiger partial charge in [-0.2, -0.15) is 0 Å². The summed E-state index contributed by atoms with van der Waals surface area (Å²) in [6.45, 7) is 6.41. The average Bonchev–Trinajstić information content (AvgIpc) is 3.31. The van der Waals surface area contributed by atoms with Gasteiger partial charge in [0, 0.05) is 19.3 Å². The smallest absolute Gasteiger partial charge is 0.306 e. The Bertz CT molecular complexity index is 1370. The standard InChI is InChI=1S/C60H98O6/c1-4-7-10-13-16-19-21-23-25-26-27-28-29-30-31-32-33-34-36-37-39-41-44-47-50-53-59(62)65-56-57(55-64-58(61)52-49-46-43-18-15-12-9-6-3)66-60(63)54-51-48-45-42-40-38-35-24-22-20-17-14-11-8-5-2/h7,10,16-17,19-20,23-25,27-28,30-31,33-35,37,39,57H,4-6,8-9,11-15,18,21-22,26,29,32,36,38,40-56H2,1-3H3/b10-7-,19-16-,20-17-,25-23-,28-27-,31-30-,34-33-,35-24-,39-37-. The molecule has 0 aromatic carbocycles. The fourth-order valence-electron chi connectivity index (χ4n) is 6.98. The van der Waals surface area contributed by atoms with Crippen LogP contribution in [0.3, 0.4) is 0 Å². The molecule has 0 radical (unpaired) electrons. The van der Waals surface area contributed by atoms with Crippen LogP contribution in [0, 0.1) is 0 Å². The summed E-state index contributed by atoms with van der Waals surface area (Å²) >= 11 is 0. The zero-order chi connectivity index (χ0) is 47.9. The molecule has 1 atom stereocenters. The SMILES string of the molecule is CC/C=C\C/C=C\C/C=C\C/C=C\C/C=C\C/C=C\C/C=C\CCCCCC(=O)OCC(COC(=O)CCCCCCCCCC)OC(=O)CCCCCCC/C=C\C/C=C\CCCCC. The van der Waals surface area contributed by atoms with E-state index in [1.54, 1.807) is 0 Å². The Balaban J connectivity index is 4.36. The molecule has 0 heterocycles. The van der Waals surface area contributed by atoms with Gasteiger partial charge in [-0.1, -0.05) is 214 Å². The van der Waals surface area contributed by atoms with Gasteiger partial charge in [0.25, 0.3) is 0 Å². The molecule has 0 aromatic rings. The van der Waals surface area contributed by atoms with Crippen molar-refractivity contribution in [1.29, 1.82) is 0 Å². The molecule has 1 unspecified atom stereocenters. The maximum absolute atomic E-state index is 12.8. The van der Waals surface area contributed by atoms with Crippen LogP contribution in [0.5, 0.6) is 0 Å². The number of carbonyl (C=O) groups excluding carboxylic acids is 3. The lowest BCUT2D eigenvalue weighted by Gasteiger charge is -2.18. The highest BCUT2D eigenvalue weighted by Gasteiger charge is 2.19. The minimum absolute atomic E-state index is 0.0953. The van der Waals surface area contributed by atoms with Crippen LogP contribution in [0.2, 0.25) is 0 Å². The van der Waals surface area contributed by atoms with Crippen LogP contribution in [-0.2, 0) is 28.6 Å². The second kappa shape index (κ2) is 53.7. The second-order valence-electron chi connectivity index (χ2n) is 17.4. The van der Waals surface area contributed by atoms with Crippen molar-refractivity contribution in [2.45, 2.75) is 239 Å². The zero-order valence-corrected chi connectivity index (χ0v) is 42.7. The molecule has 0 saturated carbocycles. The molecule has 0 aliphatic rings. The maximum Gasteiger partial charge on any atom is 0.306 e. The van der Waals surface area contributed by atoms with Crippen molar-refractivity contribution >= 4 is 17.9 Å². The first-order valence-electron chi connectivity index (χ1n) is 26.9. The van der Waals surface area contributed by atoms with Crippen molar-refractivity contribution in [3.8, 4) is 0 Å². The summed E-state index contributed by atoms with van der Waals surface area (Å²) in [6.07, 6.45) is 72.3. The highest BCUT2D eigenvalue weighted by atomic mass is 16.6. The van der Waals surface area contributed by atoms with E-state index in [2.05, 4.69) is 130 Å². The molecule has 0 aliphatic carbocycles. The molecule has 0 spiro atoms. The van der Waals surface area contributed by atoms with E-state index in [0.29, 0.717) is 19.3 Å². The number of hydrogen-bond acceptors (Lipinski definition) is 6. The van der Waals surface area contributed by atoms with E-state index >= 15 is 0 Å². The van der Waals surface area contributed by atoms with Crippen molar-refractivity contribution in [2.75, 3.05) is 13.2 Å². The van der Waals surface area contributed by atoms with Gasteiger partial charge in [0.1, 0.15) is 13.2 Å². The van der Waals surface area contributed by atoms with E-state index in [1.807, 2.05) is 0 Å². The fourth-order valence-corrected chi connectivity index (χ4v) is 6.98. The van der Waals surface area contributed by atoms with E-state index in [9.17, 15) is 14.4 Å². The van der Waals surface area contributed by atoms with Crippen molar-refractivity contribution in [1.82, 2.24) is 0 Å². The molecule has 0 aromatic heterocycles. The van der Waals surface area contributed by atoms with E-state index < -0.39 is 6.10 Å². The molecular formula is C60H98O6. The monoisotopic (exact) mass is 915 g/mol. The van der Waals surface area contributed by atoms with Gasteiger partial charge in [0.2, 0.25) is 0 Å². The van der Waals surface area contributed by atoms with Gasteiger partial charge in [-0.05, 0) is 109 Å². The molecule has 66 heavy (non-hydrogen) atoms. The second-order valence-corrected chi connectivity index (χ2v) is 17.4. The third kappa shape index (κ3) is 51.1. The molecule has 374 valence electrons. The first-order chi connectivity index (χ1) is 32.5. The van der Waals surface area contributed by atoms with E-state index in [0.717, 1.165) is 135 Å². The summed E-state index contributed by atoms with van der Waals surface area (Å²) in [5.41, 5.74) is 0. The normalized spacial score (nSPS) is 13.0. The molecule has 0 N–H and O–H groups in total. The lowest BCUT2D eigenvalue weighted by atomic mass is 10.1. The van der Waals surface area contributed by atoms with Crippen molar-refractivity contribution in [3.63, 3.8) is 0 Å². The summed E-state index contributed by atoms with van der Waals surface area (Å²) in [6, 6.07) is 0. The van der Waals surface area contributed by atoms with E-state index in [4.69, 9.17) is 14.2 Å². The molecule has 0 saturated heterocycles. The molecule has 0 rings (SSSR count). The van der Waals surface area contributed by atoms with Gasteiger partial charge in [0.05, 0.1) is 0 Å². The Morgan fingerprint density at radius 1 is 0.318 bits per heavy atom. The summed E-state index contributed by atoms with van der Waals surface area (Å²) < 4.78 is 16.7. The predicted octanol–water partition coefficient (Wildman–Crippen LogP) is 17.9. The minimum atomic E-state index is -0.798. The van der Waals surface area contributed by atoms with Gasteiger partial charge >= 0.3 is 17.9 Å². The quantitative estimate of drug-likeness (QED) is 0.0262. The summed E-state index contributed by atoms with van der Waals surface area (Å²) in [7, 11) is 0. The van der Waals surface area contributed by atoms with Crippen LogP contribution >= 0.6 is 0 Å². The van der Waals surface area contributed by atoms with Crippen LogP contribution in [0.15, 0.2) is 109 Å². The van der Waals surface area contributed by atoms with Gasteiger partial charge in [0.15, 0.2) is 6.10 Å². The van der Waals surface area contributed by atoms with Gasteiger partial charge in [-0.25, -0.2) is 0 Å². The maximum atomic E-state index is 12.8. The van der Waals surface area contributed by atoms with Crippen LogP contribution in [0.4, 0.5) is 0 Å². The van der Waals surface area contributed by atoms with Gasteiger partial charge in [-0.15, -0.1) is 0 Å². The van der Waals surface area contributed by atoms with Crippen molar-refractivity contribution < 1.29 is 28.6 Å². The number of rotatable bonds is 47. The van der Waals surface area contributed by atoms with Crippen LogP contribution in [0.1, 0.15) is 233 Å². The van der Waals surface area contributed by atoms with E-state index in [-0.39, 0.29) is 31.1 Å². The van der Waals surface area contributed by atoms with Gasteiger partial charge in [-0.3, -0.25) is 14.4 Å². The van der Waals surface area contributed by atoms with E-state index in [1.165, 1.54) is 57.8 Å². The Hall–Kier alpha value is -3.93. The number of esters is 3. The van der Waals surface area contributed by atoms with Crippen molar-refractivity contribution in [3.05, 3.63) is 109 Å². The molecule has 0 amide bonds. The van der Waals surface area contributed by atoms with Gasteiger partial charge < -0.3 is 14.2 Å². The average molecular weight is 915 g/mol. The summed E-state index contributed by atoms with van der Waals surface area (Å²) in [5.74, 6) is -0.952. The molecule has 0 aliphatic heterocycles. The Morgan fingerprint density at radius 2 is 0.591 bits per heavy atom. The summed E-state index contributed by atoms with van der Waals surface area (Å²) in [5, 5.41) is 0. The number of allylic oxidation sites excluding steroid dienone is 18.